The van der Waals surface area contributed by atoms with E-state index in [2.05, 4.69) is 20.8 Å². The number of sulfone groups is 1. The number of fused-ring (bicyclic) bond motifs is 1. The number of unbranched alkanes of at least 4 members (excludes halogenated alkanes) is 5. The van der Waals surface area contributed by atoms with Crippen molar-refractivity contribution >= 4 is 27.5 Å². The molecule has 3 rings (SSSR count). The molecule has 0 radical (unpaired) electrons. The summed E-state index contributed by atoms with van der Waals surface area (Å²) in [4.78, 5) is 11.6. The van der Waals surface area contributed by atoms with Crippen molar-refractivity contribution in [1.29, 1.82) is 0 Å². The molecule has 0 bridgehead atoms. The zero-order valence-electron chi connectivity index (χ0n) is 22.1. The van der Waals surface area contributed by atoms with Crippen molar-refractivity contribution in [3.05, 3.63) is 58.7 Å². The molecule has 5 nitrogen and oxygen atoms in total. The van der Waals surface area contributed by atoms with E-state index in [0.29, 0.717) is 23.7 Å². The van der Waals surface area contributed by atoms with E-state index < -0.39 is 15.8 Å². The topological polar surface area (TPSA) is 80.7 Å². The van der Waals surface area contributed by atoms with E-state index in [9.17, 15) is 18.3 Å². The minimum atomic E-state index is -3.39. The number of carboxylic acid groups (broad SMARTS) is 1. The summed E-state index contributed by atoms with van der Waals surface area (Å²) in [5.41, 5.74) is 3.51. The fourth-order valence-corrected chi connectivity index (χ4v) is 6.54. The Hall–Kier alpha value is -2.60. The molecule has 1 aliphatic rings. The summed E-state index contributed by atoms with van der Waals surface area (Å²) >= 11 is 0. The average Bonchev–Trinajstić information content (AvgIpc) is 2.91. The van der Waals surface area contributed by atoms with Gasteiger partial charge in [-0.05, 0) is 72.6 Å². The van der Waals surface area contributed by atoms with E-state index in [0.717, 1.165) is 41.5 Å². The Labute approximate surface area is 216 Å². The second-order valence-electron chi connectivity index (χ2n) is 10.5. The van der Waals surface area contributed by atoms with Gasteiger partial charge < -0.3 is 9.84 Å². The van der Waals surface area contributed by atoms with Gasteiger partial charge in [0.1, 0.15) is 5.75 Å². The SMILES string of the molecule is CCCCCCCCOc1cc2c(cc1/C(C)=C/c1ccc(C(=O)O)cc1)C(C)(C)CCCS2(=O)=O. The maximum Gasteiger partial charge on any atom is 0.335 e. The smallest absolute Gasteiger partial charge is 0.335 e. The summed E-state index contributed by atoms with van der Waals surface area (Å²) < 4.78 is 32.5. The molecular weight excluding hydrogens is 472 g/mol. The van der Waals surface area contributed by atoms with E-state index in [1.54, 1.807) is 30.3 Å². The predicted molar refractivity (Wildman–Crippen MR) is 147 cm³/mol. The van der Waals surface area contributed by atoms with Gasteiger partial charge in [0.2, 0.25) is 0 Å². The third-order valence-corrected chi connectivity index (χ3v) is 8.92. The van der Waals surface area contributed by atoms with Crippen LogP contribution in [-0.2, 0) is 15.3 Å². The van der Waals surface area contributed by atoms with Gasteiger partial charge in [-0.1, -0.05) is 71.1 Å². The standard InChI is InChI=1S/C30H40O5S/c1-5-6-7-8-9-10-17-35-27-21-28-26(30(3,4)16-11-18-36(28,33)34)20-25(27)22(2)19-23-12-14-24(15-13-23)29(31)32/h12-15,19-21H,5-11,16-18H2,1-4H3,(H,31,32)/b22-19+. The number of hydrogen-bond acceptors (Lipinski definition) is 4. The first-order valence-corrected chi connectivity index (χ1v) is 14.8. The lowest BCUT2D eigenvalue weighted by atomic mass is 9.79. The number of hydrogen-bond donors (Lipinski definition) is 1. The first-order valence-electron chi connectivity index (χ1n) is 13.1. The molecule has 0 aromatic heterocycles. The number of carbonyl (C=O) groups is 1. The first kappa shape index (κ1) is 28.0. The van der Waals surface area contributed by atoms with Crippen molar-refractivity contribution in [2.45, 2.75) is 89.4 Å². The number of benzene rings is 2. The van der Waals surface area contributed by atoms with Gasteiger partial charge >= 0.3 is 5.97 Å². The third-order valence-electron chi connectivity index (χ3n) is 7.08. The zero-order valence-corrected chi connectivity index (χ0v) is 22.9. The molecule has 0 saturated heterocycles. The molecule has 0 fully saturated rings. The highest BCUT2D eigenvalue weighted by Crippen LogP contribution is 2.42. The van der Waals surface area contributed by atoms with Gasteiger partial charge in [0, 0.05) is 5.56 Å². The third kappa shape index (κ3) is 7.00. The minimum absolute atomic E-state index is 0.157. The molecule has 0 spiro atoms. The van der Waals surface area contributed by atoms with Crippen LogP contribution in [-0.4, -0.2) is 31.9 Å². The van der Waals surface area contributed by atoms with Crippen LogP contribution in [0.5, 0.6) is 5.75 Å². The highest BCUT2D eigenvalue weighted by molar-refractivity contribution is 7.91. The molecule has 2 aromatic rings. The second-order valence-corrected chi connectivity index (χ2v) is 12.6. The number of allylic oxidation sites excluding steroid dienone is 1. The Bertz CT molecular complexity index is 1190. The summed E-state index contributed by atoms with van der Waals surface area (Å²) in [6.45, 7) is 8.95. The van der Waals surface area contributed by atoms with Crippen LogP contribution in [0.4, 0.5) is 0 Å². The van der Waals surface area contributed by atoms with Crippen LogP contribution in [0.15, 0.2) is 41.3 Å². The van der Waals surface area contributed by atoms with E-state index in [1.165, 1.54) is 25.7 Å². The lowest BCUT2D eigenvalue weighted by Gasteiger charge is -2.26. The van der Waals surface area contributed by atoms with Gasteiger partial charge in [-0.2, -0.15) is 0 Å². The zero-order chi connectivity index (χ0) is 26.3. The van der Waals surface area contributed by atoms with Gasteiger partial charge in [0.25, 0.3) is 0 Å². The highest BCUT2D eigenvalue weighted by Gasteiger charge is 2.34. The fraction of sp³-hybridized carbons (Fsp3) is 0.500. The Morgan fingerprint density at radius 3 is 2.39 bits per heavy atom. The van der Waals surface area contributed by atoms with Crippen LogP contribution in [0.2, 0.25) is 0 Å². The Morgan fingerprint density at radius 2 is 1.72 bits per heavy atom. The van der Waals surface area contributed by atoms with E-state index >= 15 is 0 Å². The van der Waals surface area contributed by atoms with Gasteiger partial charge in [-0.3, -0.25) is 0 Å². The Morgan fingerprint density at radius 1 is 1.06 bits per heavy atom. The first-order chi connectivity index (χ1) is 17.0. The molecular formula is C30H40O5S. The summed E-state index contributed by atoms with van der Waals surface area (Å²) in [6.07, 6.45) is 10.3. The summed E-state index contributed by atoms with van der Waals surface area (Å²) in [6, 6.07) is 10.5. The number of ether oxygens (including phenoxy) is 1. The van der Waals surface area contributed by atoms with Gasteiger partial charge in [-0.25, -0.2) is 13.2 Å². The van der Waals surface area contributed by atoms with Crippen LogP contribution in [0, 0.1) is 0 Å². The van der Waals surface area contributed by atoms with Crippen LogP contribution < -0.4 is 4.74 Å². The molecule has 36 heavy (non-hydrogen) atoms. The number of aromatic carboxylic acids is 1. The van der Waals surface area contributed by atoms with Crippen LogP contribution >= 0.6 is 0 Å². The monoisotopic (exact) mass is 512 g/mol. The molecule has 0 unspecified atom stereocenters. The number of rotatable bonds is 11. The molecule has 1 heterocycles. The van der Waals surface area contributed by atoms with E-state index in [1.807, 2.05) is 19.1 Å². The van der Waals surface area contributed by atoms with Crippen LogP contribution in [0.25, 0.3) is 11.6 Å². The Balaban J connectivity index is 1.98. The minimum Gasteiger partial charge on any atom is -0.493 e. The Kier molecular flexibility index (Phi) is 9.40. The van der Waals surface area contributed by atoms with Gasteiger partial charge in [-0.15, -0.1) is 0 Å². The lowest BCUT2D eigenvalue weighted by Crippen LogP contribution is -2.18. The molecule has 1 N–H and O–H groups in total. The van der Waals surface area contributed by atoms with Gasteiger partial charge in [0.05, 0.1) is 22.8 Å². The predicted octanol–water partition coefficient (Wildman–Crippen LogP) is 7.53. The lowest BCUT2D eigenvalue weighted by molar-refractivity contribution is 0.0697. The molecule has 0 amide bonds. The van der Waals surface area contributed by atoms with Crippen molar-refractivity contribution < 1.29 is 23.1 Å². The second kappa shape index (κ2) is 12.1. The molecule has 196 valence electrons. The molecule has 0 saturated carbocycles. The van der Waals surface area contributed by atoms with Crippen molar-refractivity contribution in [3.63, 3.8) is 0 Å². The molecule has 6 heteroatoms. The van der Waals surface area contributed by atoms with E-state index in [4.69, 9.17) is 4.74 Å². The summed E-state index contributed by atoms with van der Waals surface area (Å²) in [5, 5.41) is 9.18. The normalized spacial score (nSPS) is 16.7. The van der Waals surface area contributed by atoms with Crippen LogP contribution in [0.3, 0.4) is 0 Å². The van der Waals surface area contributed by atoms with Crippen molar-refractivity contribution in [3.8, 4) is 5.75 Å². The maximum absolute atomic E-state index is 13.2. The molecule has 0 atom stereocenters. The van der Waals surface area contributed by atoms with Crippen molar-refractivity contribution in [2.75, 3.05) is 12.4 Å². The average molecular weight is 513 g/mol. The quantitative estimate of drug-likeness (QED) is 0.249. The number of carboxylic acids is 1. The van der Waals surface area contributed by atoms with Gasteiger partial charge in [0.15, 0.2) is 9.84 Å². The van der Waals surface area contributed by atoms with E-state index in [-0.39, 0.29) is 16.7 Å². The highest BCUT2D eigenvalue weighted by atomic mass is 32.2. The molecule has 1 aliphatic heterocycles. The fourth-order valence-electron chi connectivity index (χ4n) is 4.84. The van der Waals surface area contributed by atoms with Crippen molar-refractivity contribution in [2.24, 2.45) is 0 Å². The largest absolute Gasteiger partial charge is 0.493 e. The van der Waals surface area contributed by atoms with Crippen molar-refractivity contribution in [1.82, 2.24) is 0 Å². The maximum atomic E-state index is 13.2. The van der Waals surface area contributed by atoms with Crippen LogP contribution in [0.1, 0.15) is 106 Å². The summed E-state index contributed by atoms with van der Waals surface area (Å²) in [7, 11) is -3.39. The molecule has 2 aromatic carbocycles. The molecule has 0 aliphatic carbocycles. The summed E-state index contributed by atoms with van der Waals surface area (Å²) in [5.74, 6) is -0.203.